The average Bonchev–Trinajstić information content (AvgIpc) is 2.59. The van der Waals surface area contributed by atoms with Crippen LogP contribution >= 0.6 is 0 Å². The number of fused-ring (bicyclic) bond motifs is 2. The molecule has 0 heterocycles. The lowest BCUT2D eigenvalue weighted by atomic mass is 9.65. The normalized spacial score (nSPS) is 28.0. The highest BCUT2D eigenvalue weighted by atomic mass is 16.6. The summed E-state index contributed by atoms with van der Waals surface area (Å²) in [6.07, 6.45) is 5.33. The van der Waals surface area contributed by atoms with E-state index in [0.29, 0.717) is 18.4 Å². The summed E-state index contributed by atoms with van der Waals surface area (Å²) in [6, 6.07) is 6.84. The summed E-state index contributed by atoms with van der Waals surface area (Å²) >= 11 is 0. The molecule has 142 valence electrons. The summed E-state index contributed by atoms with van der Waals surface area (Å²) in [5.41, 5.74) is 7.36. The molecule has 0 saturated heterocycles. The van der Waals surface area contributed by atoms with Gasteiger partial charge in [0.15, 0.2) is 0 Å². The fourth-order valence-electron chi connectivity index (χ4n) is 4.66. The molecule has 1 aromatic rings. The minimum atomic E-state index is -0.404. The monoisotopic (exact) mass is 359 g/mol. The van der Waals surface area contributed by atoms with Gasteiger partial charge in [-0.25, -0.2) is 0 Å². The van der Waals surface area contributed by atoms with E-state index in [1.807, 2.05) is 18.7 Å². The second-order valence-electron chi connectivity index (χ2n) is 8.18. The molecule has 0 spiro atoms. The minimum absolute atomic E-state index is 0.0607. The zero-order valence-electron chi connectivity index (χ0n) is 15.6. The molecule has 2 aliphatic carbocycles. The van der Waals surface area contributed by atoms with Crippen molar-refractivity contribution >= 4 is 11.6 Å². The first-order chi connectivity index (χ1) is 12.4. The minimum Gasteiger partial charge on any atom is -0.336 e. The number of nitro benzene ring substituents is 1. The zero-order valence-corrected chi connectivity index (χ0v) is 15.6. The predicted octanol–water partition coefficient (Wildman–Crippen LogP) is 3.49. The van der Waals surface area contributed by atoms with Crippen LogP contribution in [0.3, 0.4) is 0 Å². The van der Waals surface area contributed by atoms with E-state index in [4.69, 9.17) is 5.73 Å². The summed E-state index contributed by atoms with van der Waals surface area (Å²) in [5, 5.41) is 10.8. The first-order valence-corrected chi connectivity index (χ1v) is 9.66. The van der Waals surface area contributed by atoms with Crippen LogP contribution in [0.25, 0.3) is 0 Å². The average molecular weight is 359 g/mol. The molecular weight excluding hydrogens is 330 g/mol. The summed E-state index contributed by atoms with van der Waals surface area (Å²) in [7, 11) is 0. The summed E-state index contributed by atoms with van der Waals surface area (Å²) in [4.78, 5) is 25.6. The molecule has 2 fully saturated rings. The van der Waals surface area contributed by atoms with Crippen molar-refractivity contribution in [3.8, 4) is 0 Å². The number of nitro groups is 1. The van der Waals surface area contributed by atoms with Gasteiger partial charge in [-0.1, -0.05) is 18.6 Å². The Balaban J connectivity index is 1.71. The van der Waals surface area contributed by atoms with Crippen LogP contribution in [-0.2, 0) is 11.3 Å². The van der Waals surface area contributed by atoms with E-state index in [9.17, 15) is 14.9 Å². The van der Waals surface area contributed by atoms with Crippen LogP contribution < -0.4 is 5.73 Å². The van der Waals surface area contributed by atoms with Crippen molar-refractivity contribution in [2.75, 3.05) is 0 Å². The molecule has 26 heavy (non-hydrogen) atoms. The molecule has 6 heteroatoms. The highest BCUT2D eigenvalue weighted by Gasteiger charge is 2.41. The quantitative estimate of drug-likeness (QED) is 0.644. The smallest absolute Gasteiger partial charge is 0.269 e. The van der Waals surface area contributed by atoms with Gasteiger partial charge in [-0.3, -0.25) is 14.9 Å². The number of amides is 1. The van der Waals surface area contributed by atoms with E-state index in [1.54, 1.807) is 12.1 Å². The molecule has 2 unspecified atom stereocenters. The van der Waals surface area contributed by atoms with Crippen molar-refractivity contribution in [3.63, 3.8) is 0 Å². The van der Waals surface area contributed by atoms with E-state index in [1.165, 1.54) is 18.6 Å². The molecule has 2 aliphatic rings. The molecule has 1 amide bonds. The Labute approximate surface area is 154 Å². The number of carbonyl (C=O) groups excluding carboxylic acids is 1. The molecule has 2 atom stereocenters. The molecule has 1 aromatic carbocycles. The van der Waals surface area contributed by atoms with Crippen molar-refractivity contribution in [1.82, 2.24) is 4.90 Å². The van der Waals surface area contributed by atoms with Gasteiger partial charge in [0.25, 0.3) is 5.69 Å². The second-order valence-corrected chi connectivity index (χ2v) is 8.18. The molecule has 6 nitrogen and oxygen atoms in total. The Morgan fingerprint density at radius 1 is 1.23 bits per heavy atom. The zero-order chi connectivity index (χ0) is 18.8. The van der Waals surface area contributed by atoms with E-state index >= 15 is 0 Å². The number of hydrogen-bond acceptors (Lipinski definition) is 4. The summed E-state index contributed by atoms with van der Waals surface area (Å²) < 4.78 is 0. The van der Waals surface area contributed by atoms with Crippen molar-refractivity contribution in [2.45, 2.75) is 64.6 Å². The maximum Gasteiger partial charge on any atom is 0.269 e. The Morgan fingerprint density at radius 2 is 1.81 bits per heavy atom. The summed E-state index contributed by atoms with van der Waals surface area (Å²) in [6.45, 7) is 4.55. The van der Waals surface area contributed by atoms with E-state index in [0.717, 1.165) is 31.2 Å². The van der Waals surface area contributed by atoms with Gasteiger partial charge in [0, 0.05) is 36.7 Å². The maximum atomic E-state index is 13.2. The Kier molecular flexibility index (Phi) is 5.61. The molecule has 2 N–H and O–H groups in total. The van der Waals surface area contributed by atoms with Gasteiger partial charge < -0.3 is 10.6 Å². The molecule has 2 saturated carbocycles. The summed E-state index contributed by atoms with van der Waals surface area (Å²) in [5.74, 6) is 1.22. The van der Waals surface area contributed by atoms with Crippen LogP contribution in [0.4, 0.5) is 5.69 Å². The second kappa shape index (κ2) is 7.74. The van der Waals surface area contributed by atoms with E-state index < -0.39 is 4.92 Å². The Hall–Kier alpha value is -1.95. The van der Waals surface area contributed by atoms with Crippen LogP contribution in [-0.4, -0.2) is 27.8 Å². The predicted molar refractivity (Wildman–Crippen MR) is 100 cm³/mol. The van der Waals surface area contributed by atoms with Crippen LogP contribution in [0.15, 0.2) is 24.3 Å². The van der Waals surface area contributed by atoms with Crippen LogP contribution in [0.2, 0.25) is 0 Å². The molecule has 2 bridgehead atoms. The van der Waals surface area contributed by atoms with Gasteiger partial charge in [0.2, 0.25) is 5.91 Å². The molecule has 0 aromatic heterocycles. The number of nitrogens with zero attached hydrogens (tertiary/aromatic N) is 2. The SMILES string of the molecule is CC(C)N(Cc1ccc([N+](=O)[O-])cc1)C(=O)C1CC2CCCC(C1)C2N. The van der Waals surface area contributed by atoms with Gasteiger partial charge in [0.05, 0.1) is 4.92 Å². The van der Waals surface area contributed by atoms with Gasteiger partial charge >= 0.3 is 0 Å². The first kappa shape index (κ1) is 18.8. The van der Waals surface area contributed by atoms with Crippen LogP contribution in [0, 0.1) is 27.9 Å². The topological polar surface area (TPSA) is 89.5 Å². The number of nitrogens with two attached hydrogens (primary N) is 1. The van der Waals surface area contributed by atoms with E-state index in [-0.39, 0.29) is 29.6 Å². The highest BCUT2D eigenvalue weighted by molar-refractivity contribution is 5.79. The van der Waals surface area contributed by atoms with Crippen molar-refractivity contribution in [2.24, 2.45) is 23.5 Å². The van der Waals surface area contributed by atoms with Crippen molar-refractivity contribution < 1.29 is 9.72 Å². The lowest BCUT2D eigenvalue weighted by molar-refractivity contribution is -0.384. The number of carbonyl (C=O) groups is 1. The lowest BCUT2D eigenvalue weighted by Gasteiger charge is -2.45. The van der Waals surface area contributed by atoms with Crippen LogP contribution in [0.1, 0.15) is 51.5 Å². The molecule has 0 aliphatic heterocycles. The third kappa shape index (κ3) is 3.90. The van der Waals surface area contributed by atoms with Crippen LogP contribution in [0.5, 0.6) is 0 Å². The first-order valence-electron chi connectivity index (χ1n) is 9.66. The third-order valence-corrected chi connectivity index (χ3v) is 6.17. The van der Waals surface area contributed by atoms with Gasteiger partial charge in [-0.2, -0.15) is 0 Å². The van der Waals surface area contributed by atoms with Crippen molar-refractivity contribution in [1.29, 1.82) is 0 Å². The standard InChI is InChI=1S/C20H29N3O3/c1-13(2)22(12-14-6-8-18(9-7-14)23(25)26)20(24)17-10-15-4-3-5-16(11-17)19(15)21/h6-9,13,15-17,19H,3-5,10-12,21H2,1-2H3. The maximum absolute atomic E-state index is 13.2. The fraction of sp³-hybridized carbons (Fsp3) is 0.650. The lowest BCUT2D eigenvalue weighted by Crippen LogP contribution is -2.50. The van der Waals surface area contributed by atoms with Gasteiger partial charge in [-0.15, -0.1) is 0 Å². The van der Waals surface area contributed by atoms with Gasteiger partial charge in [-0.05, 0) is 56.9 Å². The number of hydrogen-bond donors (Lipinski definition) is 1. The van der Waals surface area contributed by atoms with E-state index in [2.05, 4.69) is 0 Å². The Morgan fingerprint density at radius 3 is 2.31 bits per heavy atom. The van der Waals surface area contributed by atoms with Crippen molar-refractivity contribution in [3.05, 3.63) is 39.9 Å². The number of rotatable bonds is 5. The number of non-ortho nitro benzene ring substituents is 1. The third-order valence-electron chi connectivity index (χ3n) is 6.17. The number of benzene rings is 1. The molecular formula is C20H29N3O3. The Bertz CT molecular complexity index is 645. The largest absolute Gasteiger partial charge is 0.336 e. The molecule has 3 rings (SSSR count). The van der Waals surface area contributed by atoms with Gasteiger partial charge in [0.1, 0.15) is 0 Å². The highest BCUT2D eigenvalue weighted by Crippen LogP contribution is 2.42. The fourth-order valence-corrected chi connectivity index (χ4v) is 4.66. The molecule has 0 radical (unpaired) electrons.